The van der Waals surface area contributed by atoms with Crippen molar-refractivity contribution in [1.29, 1.82) is 0 Å². The molecular formula is C15H18N4O4. The average Bonchev–Trinajstić information content (AvgIpc) is 2.77. The molecule has 0 aromatic heterocycles. The molecule has 122 valence electrons. The average molecular weight is 318 g/mol. The zero-order valence-electron chi connectivity index (χ0n) is 12.4. The Hall–Kier alpha value is -2.45. The third-order valence-corrected chi connectivity index (χ3v) is 4.08. The summed E-state index contributed by atoms with van der Waals surface area (Å²) in [5.74, 6) is -1.33. The van der Waals surface area contributed by atoms with Gasteiger partial charge in [-0.2, -0.15) is 0 Å². The molecule has 1 aromatic rings. The second-order valence-electron chi connectivity index (χ2n) is 5.57. The number of anilines is 1. The normalized spacial score (nSPS) is 23.7. The summed E-state index contributed by atoms with van der Waals surface area (Å²) in [5, 5.41) is 15.8. The van der Waals surface area contributed by atoms with Crippen molar-refractivity contribution in [3.63, 3.8) is 0 Å². The highest BCUT2D eigenvalue weighted by molar-refractivity contribution is 6.05. The predicted molar refractivity (Wildman–Crippen MR) is 81.3 cm³/mol. The van der Waals surface area contributed by atoms with Crippen LogP contribution in [-0.4, -0.2) is 46.9 Å². The van der Waals surface area contributed by atoms with Gasteiger partial charge in [0.1, 0.15) is 6.04 Å². The van der Waals surface area contributed by atoms with Crippen molar-refractivity contribution >= 4 is 23.4 Å². The highest BCUT2D eigenvalue weighted by atomic mass is 16.3. The summed E-state index contributed by atoms with van der Waals surface area (Å²) < 4.78 is 0. The number of carbonyl (C=O) groups excluding carboxylic acids is 3. The van der Waals surface area contributed by atoms with Gasteiger partial charge in [0.25, 0.3) is 5.91 Å². The molecule has 3 amide bonds. The van der Waals surface area contributed by atoms with Crippen LogP contribution in [0.5, 0.6) is 0 Å². The number of benzene rings is 1. The molecule has 1 fully saturated rings. The number of nitrogens with one attached hydrogen (secondary N) is 2. The van der Waals surface area contributed by atoms with Crippen LogP contribution in [-0.2, 0) is 9.59 Å². The summed E-state index contributed by atoms with van der Waals surface area (Å²) >= 11 is 0. The number of amides is 3. The molecule has 2 aliphatic rings. The van der Waals surface area contributed by atoms with Crippen LogP contribution >= 0.6 is 0 Å². The molecule has 1 aromatic carbocycles. The Morgan fingerprint density at radius 2 is 2.13 bits per heavy atom. The lowest BCUT2D eigenvalue weighted by Crippen LogP contribution is -2.53. The second-order valence-corrected chi connectivity index (χ2v) is 5.57. The standard InChI is InChI=1S/C15H18N4O4/c16-5-6-17-8-1-2-9-10(7-8)15(23)19(14(9)22)11-3-4-12(20)18-13(11)21/h1-2,7,11,15,17,23H,3-6,16H2,(H,18,20,21). The minimum atomic E-state index is -1.21. The number of rotatable bonds is 4. The Kier molecular flexibility index (Phi) is 4.01. The maximum atomic E-state index is 12.5. The van der Waals surface area contributed by atoms with Crippen molar-refractivity contribution in [1.82, 2.24) is 10.2 Å². The quantitative estimate of drug-likeness (QED) is 0.545. The van der Waals surface area contributed by atoms with E-state index in [1.54, 1.807) is 18.2 Å². The second kappa shape index (κ2) is 5.98. The van der Waals surface area contributed by atoms with Crippen LogP contribution in [0.3, 0.4) is 0 Å². The number of aliphatic hydroxyl groups excluding tert-OH is 1. The van der Waals surface area contributed by atoms with Crippen LogP contribution in [0.1, 0.15) is 35.0 Å². The van der Waals surface area contributed by atoms with Gasteiger partial charge in [-0.25, -0.2) is 0 Å². The minimum Gasteiger partial charge on any atom is -0.384 e. The van der Waals surface area contributed by atoms with Crippen molar-refractivity contribution in [2.24, 2.45) is 5.73 Å². The summed E-state index contributed by atoms with van der Waals surface area (Å²) in [6.45, 7) is 1.03. The lowest BCUT2D eigenvalue weighted by Gasteiger charge is -2.31. The van der Waals surface area contributed by atoms with E-state index < -0.39 is 24.1 Å². The van der Waals surface area contributed by atoms with E-state index in [1.807, 2.05) is 0 Å². The fraction of sp³-hybridized carbons (Fsp3) is 0.400. The molecule has 0 bridgehead atoms. The fourth-order valence-electron chi connectivity index (χ4n) is 2.96. The summed E-state index contributed by atoms with van der Waals surface area (Å²) in [6, 6.07) is 4.18. The summed E-state index contributed by atoms with van der Waals surface area (Å²) in [7, 11) is 0. The van der Waals surface area contributed by atoms with Crippen LogP contribution in [0.4, 0.5) is 5.69 Å². The van der Waals surface area contributed by atoms with Gasteiger partial charge in [0.05, 0.1) is 0 Å². The Morgan fingerprint density at radius 3 is 2.83 bits per heavy atom. The zero-order valence-corrected chi connectivity index (χ0v) is 12.4. The SMILES string of the molecule is NCCNc1ccc2c(c1)C(O)N(C1CCC(=O)NC1=O)C2=O. The van der Waals surface area contributed by atoms with Crippen molar-refractivity contribution in [3.05, 3.63) is 29.3 Å². The molecule has 8 nitrogen and oxygen atoms in total. The van der Waals surface area contributed by atoms with Crippen molar-refractivity contribution in [3.8, 4) is 0 Å². The number of aliphatic hydroxyl groups is 1. The van der Waals surface area contributed by atoms with Crippen LogP contribution in [0.25, 0.3) is 0 Å². The molecule has 2 atom stereocenters. The smallest absolute Gasteiger partial charge is 0.257 e. The Morgan fingerprint density at radius 1 is 1.35 bits per heavy atom. The number of fused-ring (bicyclic) bond motifs is 1. The number of piperidine rings is 1. The Balaban J connectivity index is 1.86. The molecule has 5 N–H and O–H groups in total. The van der Waals surface area contributed by atoms with E-state index in [2.05, 4.69) is 10.6 Å². The molecule has 0 radical (unpaired) electrons. The number of imide groups is 1. The fourth-order valence-corrected chi connectivity index (χ4v) is 2.96. The van der Waals surface area contributed by atoms with Gasteiger partial charge in [-0.3, -0.25) is 24.6 Å². The van der Waals surface area contributed by atoms with Crippen molar-refractivity contribution < 1.29 is 19.5 Å². The molecule has 1 saturated heterocycles. The number of carbonyl (C=O) groups is 3. The number of hydrogen-bond acceptors (Lipinski definition) is 6. The number of nitrogens with two attached hydrogens (primary N) is 1. The van der Waals surface area contributed by atoms with Gasteiger partial charge in [-0.1, -0.05) is 0 Å². The van der Waals surface area contributed by atoms with Gasteiger partial charge < -0.3 is 16.2 Å². The van der Waals surface area contributed by atoms with Gasteiger partial charge in [0, 0.05) is 36.3 Å². The van der Waals surface area contributed by atoms with Gasteiger partial charge in [-0.15, -0.1) is 0 Å². The van der Waals surface area contributed by atoms with E-state index in [9.17, 15) is 19.5 Å². The third-order valence-electron chi connectivity index (χ3n) is 4.08. The molecule has 0 spiro atoms. The first-order valence-corrected chi connectivity index (χ1v) is 7.45. The lowest BCUT2D eigenvalue weighted by atomic mass is 10.0. The minimum absolute atomic E-state index is 0.145. The molecule has 3 rings (SSSR count). The first-order chi connectivity index (χ1) is 11.0. The third kappa shape index (κ3) is 2.66. The van der Waals surface area contributed by atoms with Gasteiger partial charge in [0.15, 0.2) is 6.23 Å². The van der Waals surface area contributed by atoms with E-state index in [1.165, 1.54) is 0 Å². The summed E-state index contributed by atoms with van der Waals surface area (Å²) in [6.07, 6.45) is -0.854. The topological polar surface area (TPSA) is 125 Å². The lowest BCUT2D eigenvalue weighted by molar-refractivity contribution is -0.139. The van der Waals surface area contributed by atoms with E-state index in [-0.39, 0.29) is 18.7 Å². The monoisotopic (exact) mass is 318 g/mol. The van der Waals surface area contributed by atoms with E-state index >= 15 is 0 Å². The number of nitrogens with zero attached hydrogens (tertiary/aromatic N) is 1. The first kappa shape index (κ1) is 15.4. The Bertz CT molecular complexity index is 675. The van der Waals surface area contributed by atoms with E-state index in [0.717, 1.165) is 10.6 Å². The maximum absolute atomic E-state index is 12.5. The largest absolute Gasteiger partial charge is 0.384 e. The zero-order chi connectivity index (χ0) is 16.6. The number of hydrogen-bond donors (Lipinski definition) is 4. The van der Waals surface area contributed by atoms with Crippen LogP contribution in [0.2, 0.25) is 0 Å². The highest BCUT2D eigenvalue weighted by Gasteiger charge is 2.44. The first-order valence-electron chi connectivity index (χ1n) is 7.45. The maximum Gasteiger partial charge on any atom is 0.257 e. The van der Waals surface area contributed by atoms with Crippen LogP contribution in [0.15, 0.2) is 18.2 Å². The molecule has 0 aliphatic carbocycles. The van der Waals surface area contributed by atoms with E-state index in [0.29, 0.717) is 24.2 Å². The highest BCUT2D eigenvalue weighted by Crippen LogP contribution is 2.36. The van der Waals surface area contributed by atoms with Crippen LogP contribution in [0, 0.1) is 0 Å². The summed E-state index contributed by atoms with van der Waals surface area (Å²) in [5.41, 5.74) is 6.99. The molecular weight excluding hydrogens is 300 g/mol. The van der Waals surface area contributed by atoms with Gasteiger partial charge in [0.2, 0.25) is 11.8 Å². The van der Waals surface area contributed by atoms with Crippen molar-refractivity contribution in [2.45, 2.75) is 25.1 Å². The van der Waals surface area contributed by atoms with Gasteiger partial charge in [-0.05, 0) is 24.6 Å². The predicted octanol–water partition coefficient (Wildman–Crippen LogP) is -0.691. The van der Waals surface area contributed by atoms with Crippen LogP contribution < -0.4 is 16.4 Å². The molecule has 2 aliphatic heterocycles. The van der Waals surface area contributed by atoms with Crippen molar-refractivity contribution in [2.75, 3.05) is 18.4 Å². The molecule has 0 saturated carbocycles. The Labute approximate surface area is 132 Å². The molecule has 2 heterocycles. The van der Waals surface area contributed by atoms with E-state index in [4.69, 9.17) is 5.73 Å². The van der Waals surface area contributed by atoms with Gasteiger partial charge >= 0.3 is 0 Å². The molecule has 23 heavy (non-hydrogen) atoms. The molecule has 2 unspecified atom stereocenters. The molecule has 8 heteroatoms. The summed E-state index contributed by atoms with van der Waals surface area (Å²) in [4.78, 5) is 36.9.